The van der Waals surface area contributed by atoms with Gasteiger partial charge >= 0.3 is 5.97 Å². The van der Waals surface area contributed by atoms with Gasteiger partial charge in [0.25, 0.3) is 0 Å². The number of aliphatic carboxylic acids is 1. The number of carbonyl (C=O) groups is 1. The molecule has 0 aliphatic heterocycles. The fourth-order valence-electron chi connectivity index (χ4n) is 2.75. The lowest BCUT2D eigenvalue weighted by molar-refractivity contribution is -0.137. The van der Waals surface area contributed by atoms with Crippen molar-refractivity contribution >= 4 is 11.7 Å². The van der Waals surface area contributed by atoms with Crippen LogP contribution < -0.4 is 9.47 Å². The summed E-state index contributed by atoms with van der Waals surface area (Å²) in [6, 6.07) is 15.5. The number of benzene rings is 2. The molecule has 0 atom stereocenters. The first kappa shape index (κ1) is 22.3. The maximum absolute atomic E-state index is 10.6. The van der Waals surface area contributed by atoms with Gasteiger partial charge in [-0.05, 0) is 81.6 Å². The number of rotatable bonds is 13. The molecule has 156 valence electrons. The molecule has 1 N–H and O–H groups in total. The van der Waals surface area contributed by atoms with Crippen molar-refractivity contribution in [1.82, 2.24) is 0 Å². The van der Waals surface area contributed by atoms with Crippen LogP contribution in [0.2, 0.25) is 0 Å². The van der Waals surface area contributed by atoms with Gasteiger partial charge < -0.3 is 19.4 Å². The highest BCUT2D eigenvalue weighted by Gasteiger charge is 2.09. The predicted octanol–water partition coefficient (Wildman–Crippen LogP) is 4.90. The predicted molar refractivity (Wildman–Crippen MR) is 113 cm³/mol. The third-order valence-electron chi connectivity index (χ3n) is 4.16. The molecular formula is C23H29NO5. The van der Waals surface area contributed by atoms with Crippen LogP contribution in [0.25, 0.3) is 0 Å². The highest BCUT2D eigenvalue weighted by atomic mass is 16.6. The van der Waals surface area contributed by atoms with Gasteiger partial charge in [-0.3, -0.25) is 4.79 Å². The first-order valence-electron chi connectivity index (χ1n) is 10.0. The third kappa shape index (κ3) is 7.86. The van der Waals surface area contributed by atoms with E-state index < -0.39 is 5.97 Å². The molecule has 0 saturated heterocycles. The average molecular weight is 399 g/mol. The SMILES string of the molecule is CCOc1ccc(C(=NOCCCCCC(=O)O)c2ccc(OCC)cc2)cc1. The molecule has 2 aromatic carbocycles. The van der Waals surface area contributed by atoms with Crippen LogP contribution in [0.15, 0.2) is 53.7 Å². The van der Waals surface area contributed by atoms with Crippen LogP contribution in [0.1, 0.15) is 50.7 Å². The van der Waals surface area contributed by atoms with E-state index in [1.807, 2.05) is 62.4 Å². The van der Waals surface area contributed by atoms with Crippen LogP contribution in [0.3, 0.4) is 0 Å². The minimum absolute atomic E-state index is 0.187. The number of carboxylic acids is 1. The summed E-state index contributed by atoms with van der Waals surface area (Å²) in [5.74, 6) is 0.848. The van der Waals surface area contributed by atoms with Gasteiger partial charge in [0.1, 0.15) is 23.8 Å². The minimum atomic E-state index is -0.766. The standard InChI is InChI=1S/C23H29NO5/c1-3-27-20-13-9-18(10-14-20)23(19-11-15-21(16-12-19)28-4-2)24-29-17-7-5-6-8-22(25)26/h9-16H,3-8,17H2,1-2H3,(H,25,26). The fraction of sp³-hybridized carbons (Fsp3) is 0.391. The molecule has 6 heteroatoms. The normalized spacial score (nSPS) is 10.3. The Bertz CT molecular complexity index is 717. The Labute approximate surface area is 172 Å². The van der Waals surface area contributed by atoms with Crippen LogP contribution in [0.5, 0.6) is 11.5 Å². The van der Waals surface area contributed by atoms with E-state index >= 15 is 0 Å². The molecule has 6 nitrogen and oxygen atoms in total. The maximum atomic E-state index is 10.6. The second-order valence-electron chi connectivity index (χ2n) is 6.39. The van der Waals surface area contributed by atoms with Crippen molar-refractivity contribution in [2.45, 2.75) is 39.5 Å². The zero-order valence-electron chi connectivity index (χ0n) is 17.1. The van der Waals surface area contributed by atoms with Gasteiger partial charge in [0.05, 0.1) is 13.2 Å². The first-order chi connectivity index (χ1) is 14.1. The Morgan fingerprint density at radius 1 is 0.828 bits per heavy atom. The number of nitrogens with zero attached hydrogens (tertiary/aromatic N) is 1. The lowest BCUT2D eigenvalue weighted by atomic mass is 10.0. The molecule has 0 amide bonds. The number of hydrogen-bond acceptors (Lipinski definition) is 5. The van der Waals surface area contributed by atoms with Gasteiger partial charge in [0, 0.05) is 17.5 Å². The number of carboxylic acid groups (broad SMARTS) is 1. The highest BCUT2D eigenvalue weighted by Crippen LogP contribution is 2.19. The van der Waals surface area contributed by atoms with E-state index in [9.17, 15) is 4.79 Å². The van der Waals surface area contributed by atoms with Gasteiger partial charge in [-0.25, -0.2) is 0 Å². The zero-order valence-corrected chi connectivity index (χ0v) is 17.1. The summed E-state index contributed by atoms with van der Waals surface area (Å²) < 4.78 is 11.0. The Morgan fingerprint density at radius 3 is 1.79 bits per heavy atom. The quantitative estimate of drug-likeness (QED) is 0.294. The van der Waals surface area contributed by atoms with Crippen molar-refractivity contribution in [3.63, 3.8) is 0 Å². The van der Waals surface area contributed by atoms with E-state index in [1.165, 1.54) is 0 Å². The Balaban J connectivity index is 2.09. The van der Waals surface area contributed by atoms with Crippen molar-refractivity contribution < 1.29 is 24.2 Å². The van der Waals surface area contributed by atoms with Gasteiger partial charge in [-0.2, -0.15) is 0 Å². The molecular weight excluding hydrogens is 370 g/mol. The lowest BCUT2D eigenvalue weighted by Gasteiger charge is -2.10. The molecule has 0 aliphatic carbocycles. The van der Waals surface area contributed by atoms with Gasteiger partial charge in [-0.1, -0.05) is 5.16 Å². The van der Waals surface area contributed by atoms with Gasteiger partial charge in [-0.15, -0.1) is 0 Å². The Hall–Kier alpha value is -3.02. The molecule has 0 fully saturated rings. The molecule has 0 bridgehead atoms. The number of ether oxygens (including phenoxy) is 2. The Kier molecular flexibility index (Phi) is 9.55. The number of hydrogen-bond donors (Lipinski definition) is 1. The average Bonchev–Trinajstić information content (AvgIpc) is 2.72. The lowest BCUT2D eigenvalue weighted by Crippen LogP contribution is -2.06. The van der Waals surface area contributed by atoms with E-state index in [0.29, 0.717) is 26.2 Å². The largest absolute Gasteiger partial charge is 0.494 e. The van der Waals surface area contributed by atoms with Crippen LogP contribution in [-0.2, 0) is 9.63 Å². The second kappa shape index (κ2) is 12.4. The molecule has 0 spiro atoms. The van der Waals surface area contributed by atoms with Crippen molar-refractivity contribution in [3.8, 4) is 11.5 Å². The van der Waals surface area contributed by atoms with E-state index in [-0.39, 0.29) is 6.42 Å². The minimum Gasteiger partial charge on any atom is -0.494 e. The topological polar surface area (TPSA) is 77.4 Å². The second-order valence-corrected chi connectivity index (χ2v) is 6.39. The van der Waals surface area contributed by atoms with Crippen molar-refractivity contribution in [2.24, 2.45) is 5.16 Å². The summed E-state index contributed by atoms with van der Waals surface area (Å²) in [5.41, 5.74) is 2.56. The van der Waals surface area contributed by atoms with Gasteiger partial charge in [0.15, 0.2) is 0 Å². The number of unbranched alkanes of at least 4 members (excludes halogenated alkanes) is 2. The molecule has 0 aliphatic rings. The molecule has 0 heterocycles. The third-order valence-corrected chi connectivity index (χ3v) is 4.16. The molecule has 0 radical (unpaired) electrons. The summed E-state index contributed by atoms with van der Waals surface area (Å²) in [6.07, 6.45) is 2.39. The highest BCUT2D eigenvalue weighted by molar-refractivity contribution is 6.12. The Morgan fingerprint density at radius 2 is 1.34 bits per heavy atom. The number of oxime groups is 1. The van der Waals surface area contributed by atoms with Gasteiger partial charge in [0.2, 0.25) is 0 Å². The van der Waals surface area contributed by atoms with Crippen molar-refractivity contribution in [1.29, 1.82) is 0 Å². The van der Waals surface area contributed by atoms with Crippen LogP contribution in [-0.4, -0.2) is 36.6 Å². The monoisotopic (exact) mass is 399 g/mol. The fourth-order valence-corrected chi connectivity index (χ4v) is 2.75. The molecule has 0 aromatic heterocycles. The first-order valence-corrected chi connectivity index (χ1v) is 10.0. The van der Waals surface area contributed by atoms with E-state index in [4.69, 9.17) is 19.4 Å². The van der Waals surface area contributed by atoms with Crippen LogP contribution >= 0.6 is 0 Å². The summed E-state index contributed by atoms with van der Waals surface area (Å²) in [5, 5.41) is 13.0. The molecule has 0 saturated carbocycles. The summed E-state index contributed by atoms with van der Waals surface area (Å²) in [4.78, 5) is 16.1. The van der Waals surface area contributed by atoms with E-state index in [0.717, 1.165) is 41.2 Å². The van der Waals surface area contributed by atoms with Crippen molar-refractivity contribution in [3.05, 3.63) is 59.7 Å². The molecule has 29 heavy (non-hydrogen) atoms. The molecule has 0 unspecified atom stereocenters. The van der Waals surface area contributed by atoms with Crippen molar-refractivity contribution in [2.75, 3.05) is 19.8 Å². The zero-order chi connectivity index (χ0) is 20.9. The van der Waals surface area contributed by atoms with Crippen LogP contribution in [0.4, 0.5) is 0 Å². The summed E-state index contributed by atoms with van der Waals surface area (Å²) >= 11 is 0. The maximum Gasteiger partial charge on any atom is 0.303 e. The smallest absolute Gasteiger partial charge is 0.303 e. The summed E-state index contributed by atoms with van der Waals surface area (Å²) in [7, 11) is 0. The summed E-state index contributed by atoms with van der Waals surface area (Å²) in [6.45, 7) is 5.57. The molecule has 2 aromatic rings. The van der Waals surface area contributed by atoms with Crippen LogP contribution in [0, 0.1) is 0 Å². The molecule has 2 rings (SSSR count). The van der Waals surface area contributed by atoms with E-state index in [2.05, 4.69) is 5.16 Å². The van der Waals surface area contributed by atoms with E-state index in [1.54, 1.807) is 0 Å².